The van der Waals surface area contributed by atoms with Crippen molar-refractivity contribution in [3.05, 3.63) is 88.4 Å². The number of aliphatic hydroxyl groups excluding tert-OH is 1. The summed E-state index contributed by atoms with van der Waals surface area (Å²) in [6.07, 6.45) is -4.86. The Morgan fingerprint density at radius 3 is 2.37 bits per heavy atom. The van der Waals surface area contributed by atoms with Crippen molar-refractivity contribution in [3.8, 4) is 5.75 Å². The van der Waals surface area contributed by atoms with Gasteiger partial charge in [0, 0.05) is 36.3 Å². The van der Waals surface area contributed by atoms with Gasteiger partial charge in [0.05, 0.1) is 28.7 Å². The molecule has 0 radical (unpaired) electrons. The van der Waals surface area contributed by atoms with Gasteiger partial charge in [-0.25, -0.2) is 8.42 Å². The third kappa shape index (κ3) is 7.99. The topological polar surface area (TPSA) is 99.2 Å². The van der Waals surface area contributed by atoms with Gasteiger partial charge >= 0.3 is 6.18 Å². The summed E-state index contributed by atoms with van der Waals surface area (Å²) >= 11 is 5.88. The predicted octanol–water partition coefficient (Wildman–Crippen LogP) is 5.51. The number of sulfonamides is 1. The van der Waals surface area contributed by atoms with E-state index in [1.54, 1.807) is 6.92 Å². The quantitative estimate of drug-likeness (QED) is 0.320. The Balaban J connectivity index is 1.59. The van der Waals surface area contributed by atoms with Gasteiger partial charge in [-0.15, -0.1) is 0 Å². The minimum Gasteiger partial charge on any atom is -0.488 e. The molecule has 0 saturated carbocycles. The number of hydrogen-bond donors (Lipinski definition) is 2. The second kappa shape index (κ2) is 13.1. The summed E-state index contributed by atoms with van der Waals surface area (Å²) in [5, 5.41) is 10.3. The number of carbonyl (C=O) groups excluding carboxylic acids is 1. The molecule has 0 aliphatic carbocycles. The van der Waals surface area contributed by atoms with Crippen LogP contribution in [0.1, 0.15) is 35.3 Å². The summed E-state index contributed by atoms with van der Waals surface area (Å²) in [4.78, 5) is 17.1. The van der Waals surface area contributed by atoms with Crippen molar-refractivity contribution in [1.29, 1.82) is 0 Å². The Morgan fingerprint density at radius 2 is 1.77 bits per heavy atom. The molecule has 1 aliphatic rings. The van der Waals surface area contributed by atoms with Gasteiger partial charge in [-0.3, -0.25) is 14.4 Å². The number of aliphatic hydroxyl groups is 1. The van der Waals surface area contributed by atoms with E-state index < -0.39 is 39.8 Å². The van der Waals surface area contributed by atoms with Gasteiger partial charge < -0.3 is 14.7 Å². The SMILES string of the molecule is C[C@@H]1CN([C@H](C)CO)C(=O)c2cc(NS(=O)(=O)c3ccc(Cl)cc3)ccc2O[C@H]1CN(C)Cc1ccc(C(F)(F)F)cc1. The average Bonchev–Trinajstić information content (AvgIpc) is 2.94. The lowest BCUT2D eigenvalue weighted by atomic mass is 9.99. The number of anilines is 1. The van der Waals surface area contributed by atoms with Gasteiger partial charge in [-0.1, -0.05) is 30.7 Å². The number of alkyl halides is 3. The molecule has 13 heteroatoms. The minimum atomic E-state index is -4.41. The summed E-state index contributed by atoms with van der Waals surface area (Å²) in [7, 11) is -2.16. The highest BCUT2D eigenvalue weighted by Gasteiger charge is 2.34. The molecule has 3 aromatic rings. The summed E-state index contributed by atoms with van der Waals surface area (Å²) in [5.41, 5.74) is 0.244. The maximum absolute atomic E-state index is 13.7. The van der Waals surface area contributed by atoms with Crippen LogP contribution in [0.5, 0.6) is 5.75 Å². The summed E-state index contributed by atoms with van der Waals surface area (Å²) in [6.45, 7) is 4.34. The first-order valence-electron chi connectivity index (χ1n) is 13.5. The molecule has 8 nitrogen and oxygen atoms in total. The number of amides is 1. The predicted molar refractivity (Wildman–Crippen MR) is 158 cm³/mol. The number of benzene rings is 3. The normalized spacial score (nSPS) is 18.4. The van der Waals surface area contributed by atoms with E-state index in [2.05, 4.69) is 4.72 Å². The molecule has 0 saturated heterocycles. The number of nitrogens with one attached hydrogen (secondary N) is 1. The molecule has 2 N–H and O–H groups in total. The van der Waals surface area contributed by atoms with E-state index >= 15 is 0 Å². The number of rotatable bonds is 9. The minimum absolute atomic E-state index is 0.00767. The van der Waals surface area contributed by atoms with Crippen molar-refractivity contribution in [2.24, 2.45) is 5.92 Å². The van der Waals surface area contributed by atoms with Crippen LogP contribution in [-0.2, 0) is 22.7 Å². The number of carbonyl (C=O) groups is 1. The highest BCUT2D eigenvalue weighted by atomic mass is 35.5. The Kier molecular flexibility index (Phi) is 9.95. The largest absolute Gasteiger partial charge is 0.488 e. The van der Waals surface area contributed by atoms with Gasteiger partial charge in [0.25, 0.3) is 15.9 Å². The van der Waals surface area contributed by atoms with Crippen molar-refractivity contribution in [2.75, 3.05) is 31.5 Å². The zero-order valence-corrected chi connectivity index (χ0v) is 25.4. The molecular weight excluding hydrogens is 607 g/mol. The fourth-order valence-electron chi connectivity index (χ4n) is 4.81. The average molecular weight is 640 g/mol. The lowest BCUT2D eigenvalue weighted by Crippen LogP contribution is -2.49. The number of fused-ring (bicyclic) bond motifs is 1. The second-order valence-electron chi connectivity index (χ2n) is 10.8. The molecule has 1 amide bonds. The summed E-state index contributed by atoms with van der Waals surface area (Å²) in [5.74, 6) is -0.370. The third-order valence-electron chi connectivity index (χ3n) is 7.27. The Morgan fingerprint density at radius 1 is 1.12 bits per heavy atom. The second-order valence-corrected chi connectivity index (χ2v) is 12.9. The van der Waals surface area contributed by atoms with Crippen molar-refractivity contribution in [1.82, 2.24) is 9.80 Å². The number of nitrogens with zero attached hydrogens (tertiary/aromatic N) is 2. The van der Waals surface area contributed by atoms with Crippen LogP contribution in [0.3, 0.4) is 0 Å². The standard InChI is InChI=1S/C30H33ClF3N3O5S/c1-19-15-37(20(2)18-38)29(39)26-14-24(35-43(40,41)25-11-8-23(31)9-12-25)10-13-27(26)42-28(19)17-36(3)16-21-4-6-22(7-5-21)30(32,33)34/h4-14,19-20,28,35,38H,15-18H2,1-3H3/t19-,20-,28+/m1/s1. The van der Waals surface area contributed by atoms with Crippen molar-refractivity contribution in [2.45, 2.75) is 43.6 Å². The maximum atomic E-state index is 13.7. The molecule has 1 aliphatic heterocycles. The number of ether oxygens (including phenoxy) is 1. The first-order chi connectivity index (χ1) is 20.2. The van der Waals surface area contributed by atoms with Crippen LogP contribution >= 0.6 is 11.6 Å². The Hall–Kier alpha value is -3.32. The van der Waals surface area contributed by atoms with Gasteiger partial charge in [0.15, 0.2) is 0 Å². The maximum Gasteiger partial charge on any atom is 0.416 e. The van der Waals surface area contributed by atoms with Crippen LogP contribution in [0.4, 0.5) is 18.9 Å². The number of halogens is 4. The van der Waals surface area contributed by atoms with E-state index in [1.165, 1.54) is 59.5 Å². The molecule has 4 rings (SSSR count). The molecule has 0 aromatic heterocycles. The lowest BCUT2D eigenvalue weighted by molar-refractivity contribution is -0.137. The van der Waals surface area contributed by atoms with E-state index in [0.29, 0.717) is 23.7 Å². The molecule has 0 fully saturated rings. The van der Waals surface area contributed by atoms with E-state index in [9.17, 15) is 31.5 Å². The Labute approximate surface area is 254 Å². The van der Waals surface area contributed by atoms with Crippen molar-refractivity contribution in [3.63, 3.8) is 0 Å². The smallest absolute Gasteiger partial charge is 0.416 e. The zero-order valence-electron chi connectivity index (χ0n) is 23.8. The first-order valence-corrected chi connectivity index (χ1v) is 15.4. The molecule has 232 valence electrons. The highest BCUT2D eigenvalue weighted by Crippen LogP contribution is 2.32. The fourth-order valence-corrected chi connectivity index (χ4v) is 5.99. The van der Waals surface area contributed by atoms with Gasteiger partial charge in [0.1, 0.15) is 11.9 Å². The van der Waals surface area contributed by atoms with Crippen LogP contribution < -0.4 is 9.46 Å². The monoisotopic (exact) mass is 639 g/mol. The van der Waals surface area contributed by atoms with Gasteiger partial charge in [0.2, 0.25) is 0 Å². The number of hydrogen-bond acceptors (Lipinski definition) is 6. The van der Waals surface area contributed by atoms with E-state index in [1.807, 2.05) is 18.9 Å². The summed E-state index contributed by atoms with van der Waals surface area (Å²) < 4.78 is 73.6. The molecule has 43 heavy (non-hydrogen) atoms. The molecule has 3 aromatic carbocycles. The molecule has 0 bridgehead atoms. The van der Waals surface area contributed by atoms with Crippen LogP contribution in [0.25, 0.3) is 0 Å². The van der Waals surface area contributed by atoms with Crippen LogP contribution in [-0.4, -0.2) is 68.1 Å². The van der Waals surface area contributed by atoms with Crippen molar-refractivity contribution < 1.29 is 36.2 Å². The van der Waals surface area contributed by atoms with Crippen LogP contribution in [0, 0.1) is 5.92 Å². The fraction of sp³-hybridized carbons (Fsp3) is 0.367. The van der Waals surface area contributed by atoms with Crippen LogP contribution in [0.15, 0.2) is 71.6 Å². The van der Waals surface area contributed by atoms with Crippen molar-refractivity contribution >= 4 is 33.2 Å². The van der Waals surface area contributed by atoms with E-state index in [-0.39, 0.29) is 41.0 Å². The molecular formula is C30H33ClF3N3O5S. The third-order valence-corrected chi connectivity index (χ3v) is 8.92. The van der Waals surface area contributed by atoms with Crippen LogP contribution in [0.2, 0.25) is 5.02 Å². The molecule has 1 heterocycles. The zero-order chi connectivity index (χ0) is 31.5. The van der Waals surface area contributed by atoms with E-state index in [4.69, 9.17) is 16.3 Å². The molecule has 0 unspecified atom stereocenters. The highest BCUT2D eigenvalue weighted by molar-refractivity contribution is 7.92. The summed E-state index contributed by atoms with van der Waals surface area (Å²) in [6, 6.07) is 14.5. The van der Waals surface area contributed by atoms with E-state index in [0.717, 1.165) is 12.1 Å². The lowest BCUT2D eigenvalue weighted by Gasteiger charge is -2.38. The molecule has 3 atom stereocenters. The molecule has 0 spiro atoms. The first kappa shape index (κ1) is 32.6. The Bertz CT molecular complexity index is 1540. The van der Waals surface area contributed by atoms with Gasteiger partial charge in [-0.2, -0.15) is 13.2 Å². The number of likely N-dealkylation sites (N-methyl/N-ethyl adjacent to an activating group) is 1. The van der Waals surface area contributed by atoms with Gasteiger partial charge in [-0.05, 0) is 74.1 Å².